The van der Waals surface area contributed by atoms with Crippen molar-refractivity contribution >= 4 is 11.8 Å². The average molecular weight is 334 g/mol. The number of carbonyl (C=O) groups is 2. The van der Waals surface area contributed by atoms with Crippen LogP contribution in [0.5, 0.6) is 0 Å². The number of carboxylic acids is 1. The van der Waals surface area contributed by atoms with Crippen molar-refractivity contribution in [1.82, 2.24) is 0 Å². The summed E-state index contributed by atoms with van der Waals surface area (Å²) in [7, 11) is 0. The number of ketones is 1. The molecule has 1 unspecified atom stereocenters. The zero-order valence-corrected chi connectivity index (χ0v) is 15.1. The number of Topliss-reactive ketones (excluding diaryl/α,β-unsaturated/α-hetero) is 1. The quantitative estimate of drug-likeness (QED) is 0.770. The molecular formula is C20H30O4. The molecule has 2 bridgehead atoms. The van der Waals surface area contributed by atoms with Crippen molar-refractivity contribution < 1.29 is 19.8 Å². The number of aliphatic carboxylic acids is 1. The van der Waals surface area contributed by atoms with Crippen LogP contribution < -0.4 is 0 Å². The molecule has 1 spiro atoms. The predicted octanol–water partition coefficient (Wildman–Crippen LogP) is 3.41. The van der Waals surface area contributed by atoms with E-state index in [0.717, 1.165) is 32.1 Å². The molecule has 24 heavy (non-hydrogen) atoms. The largest absolute Gasteiger partial charge is 0.481 e. The van der Waals surface area contributed by atoms with E-state index in [9.17, 15) is 19.8 Å². The van der Waals surface area contributed by atoms with Gasteiger partial charge in [0.15, 0.2) is 0 Å². The van der Waals surface area contributed by atoms with Crippen LogP contribution >= 0.6 is 0 Å². The maximum Gasteiger partial charge on any atom is 0.309 e. The first-order valence-corrected chi connectivity index (χ1v) is 9.53. The first kappa shape index (κ1) is 16.6. The number of carbonyl (C=O) groups excluding carboxylic acids is 1. The second-order valence-corrected chi connectivity index (χ2v) is 10.0. The molecule has 4 rings (SSSR count). The summed E-state index contributed by atoms with van der Waals surface area (Å²) in [5, 5.41) is 21.0. The van der Waals surface area contributed by atoms with Crippen LogP contribution in [0.15, 0.2) is 0 Å². The van der Waals surface area contributed by atoms with E-state index in [0.29, 0.717) is 24.7 Å². The Bertz CT molecular complexity index is 615. The van der Waals surface area contributed by atoms with Gasteiger partial charge in [0, 0.05) is 17.3 Å². The maximum absolute atomic E-state index is 13.1. The Balaban J connectivity index is 1.84. The van der Waals surface area contributed by atoms with Crippen LogP contribution in [0, 0.1) is 33.5 Å². The van der Waals surface area contributed by atoms with Gasteiger partial charge in [0.25, 0.3) is 0 Å². The van der Waals surface area contributed by atoms with E-state index in [1.165, 1.54) is 0 Å². The summed E-state index contributed by atoms with van der Waals surface area (Å²) in [4.78, 5) is 25.2. The van der Waals surface area contributed by atoms with Gasteiger partial charge in [-0.1, -0.05) is 13.8 Å². The van der Waals surface area contributed by atoms with Gasteiger partial charge >= 0.3 is 5.97 Å². The molecule has 134 valence electrons. The zero-order chi connectivity index (χ0) is 17.5. The maximum atomic E-state index is 13.1. The number of fused-ring (bicyclic) bond motifs is 3. The van der Waals surface area contributed by atoms with E-state index in [4.69, 9.17) is 0 Å². The molecule has 0 radical (unpaired) electrons. The van der Waals surface area contributed by atoms with Gasteiger partial charge in [0.05, 0.1) is 11.5 Å². The van der Waals surface area contributed by atoms with Gasteiger partial charge in [-0.3, -0.25) is 9.59 Å². The molecular weight excluding hydrogens is 304 g/mol. The van der Waals surface area contributed by atoms with Gasteiger partial charge in [-0.2, -0.15) is 0 Å². The highest BCUT2D eigenvalue weighted by molar-refractivity contribution is 5.89. The number of aliphatic hydroxyl groups excluding tert-OH is 1. The minimum absolute atomic E-state index is 0.140. The lowest BCUT2D eigenvalue weighted by Gasteiger charge is -2.64. The van der Waals surface area contributed by atoms with E-state index >= 15 is 0 Å². The topological polar surface area (TPSA) is 74.6 Å². The third-order valence-corrected chi connectivity index (χ3v) is 8.98. The Morgan fingerprint density at radius 2 is 1.79 bits per heavy atom. The fourth-order valence-electron chi connectivity index (χ4n) is 7.54. The highest BCUT2D eigenvalue weighted by atomic mass is 16.4. The van der Waals surface area contributed by atoms with Crippen LogP contribution in [-0.4, -0.2) is 28.1 Å². The predicted molar refractivity (Wildman–Crippen MR) is 89.3 cm³/mol. The van der Waals surface area contributed by atoms with Crippen molar-refractivity contribution in [2.75, 3.05) is 0 Å². The van der Waals surface area contributed by atoms with E-state index in [-0.39, 0.29) is 23.0 Å². The van der Waals surface area contributed by atoms with Crippen molar-refractivity contribution in [3.05, 3.63) is 0 Å². The van der Waals surface area contributed by atoms with Gasteiger partial charge < -0.3 is 10.2 Å². The summed E-state index contributed by atoms with van der Waals surface area (Å²) < 4.78 is 0. The standard InChI is InChI=1S/C20H30O4/c1-17-6-4-12-19(3)13(10-15(22)20(12,11-17)9-8-17)18(2,16(23)24)7-5-14(19)21/h12-13,15,22H,4-11H2,1-3H3,(H,23,24)/t12?,13-,15+,17-,18-,19+,20-/m1/s1. The average Bonchev–Trinajstić information content (AvgIpc) is 2.78. The minimum atomic E-state index is -0.898. The van der Waals surface area contributed by atoms with Crippen molar-refractivity contribution in [2.45, 2.75) is 78.2 Å². The summed E-state index contributed by atoms with van der Waals surface area (Å²) in [6.07, 6.45) is 5.98. The van der Waals surface area contributed by atoms with Gasteiger partial charge in [0.2, 0.25) is 0 Å². The number of hydrogen-bond donors (Lipinski definition) is 2. The van der Waals surface area contributed by atoms with Crippen molar-refractivity contribution in [2.24, 2.45) is 33.5 Å². The van der Waals surface area contributed by atoms with Crippen LogP contribution in [0.2, 0.25) is 0 Å². The van der Waals surface area contributed by atoms with Gasteiger partial charge in [-0.25, -0.2) is 0 Å². The lowest BCUT2D eigenvalue weighted by Crippen LogP contribution is -2.66. The van der Waals surface area contributed by atoms with E-state index in [1.807, 2.05) is 6.92 Å². The van der Waals surface area contributed by atoms with Gasteiger partial charge in [-0.05, 0) is 69.1 Å². The molecule has 2 N–H and O–H groups in total. The fourth-order valence-corrected chi connectivity index (χ4v) is 7.54. The molecule has 4 heteroatoms. The number of hydrogen-bond acceptors (Lipinski definition) is 3. The summed E-state index contributed by atoms with van der Waals surface area (Å²) in [6, 6.07) is 0. The minimum Gasteiger partial charge on any atom is -0.481 e. The normalized spacial score (nSPS) is 56.5. The zero-order valence-electron chi connectivity index (χ0n) is 15.1. The lowest BCUT2D eigenvalue weighted by molar-refractivity contribution is -0.208. The van der Waals surface area contributed by atoms with Crippen LogP contribution in [0.3, 0.4) is 0 Å². The Morgan fingerprint density at radius 3 is 2.46 bits per heavy atom. The second kappa shape index (κ2) is 4.63. The lowest BCUT2D eigenvalue weighted by atomic mass is 9.39. The Kier molecular flexibility index (Phi) is 3.19. The van der Waals surface area contributed by atoms with E-state index < -0.39 is 22.9 Å². The van der Waals surface area contributed by atoms with Crippen molar-refractivity contribution in [1.29, 1.82) is 0 Å². The number of carboxylic acid groups (broad SMARTS) is 1. The molecule has 4 aliphatic rings. The highest BCUT2D eigenvalue weighted by Crippen LogP contribution is 2.72. The monoisotopic (exact) mass is 334 g/mol. The first-order chi connectivity index (χ1) is 11.1. The summed E-state index contributed by atoms with van der Waals surface area (Å²) in [6.45, 7) is 6.17. The molecule has 4 aliphatic carbocycles. The summed E-state index contributed by atoms with van der Waals surface area (Å²) in [5.74, 6) is -0.667. The SMILES string of the molecule is C[C@@]12CCC3[C@@](CC1)(C2)[C@@H](O)C[C@@H]1[C@](C)(C(=O)O)CCC(=O)[C@@]31C. The van der Waals surface area contributed by atoms with Crippen LogP contribution in [0.4, 0.5) is 0 Å². The summed E-state index contributed by atoms with van der Waals surface area (Å²) >= 11 is 0. The first-order valence-electron chi connectivity index (χ1n) is 9.53. The van der Waals surface area contributed by atoms with Crippen LogP contribution in [-0.2, 0) is 9.59 Å². The van der Waals surface area contributed by atoms with E-state index in [1.54, 1.807) is 6.92 Å². The van der Waals surface area contributed by atoms with Gasteiger partial charge in [0.1, 0.15) is 5.78 Å². The molecule has 4 saturated carbocycles. The van der Waals surface area contributed by atoms with Crippen molar-refractivity contribution in [3.63, 3.8) is 0 Å². The smallest absolute Gasteiger partial charge is 0.309 e. The molecule has 0 saturated heterocycles. The molecule has 0 aromatic rings. The number of aliphatic hydroxyl groups is 1. The summed E-state index contributed by atoms with van der Waals surface area (Å²) in [5.41, 5.74) is -1.35. The molecule has 4 nitrogen and oxygen atoms in total. The van der Waals surface area contributed by atoms with Crippen molar-refractivity contribution in [3.8, 4) is 0 Å². The Labute approximate surface area is 144 Å². The Hall–Kier alpha value is -0.900. The fraction of sp³-hybridized carbons (Fsp3) is 0.900. The van der Waals surface area contributed by atoms with Crippen LogP contribution in [0.1, 0.15) is 72.1 Å². The number of rotatable bonds is 1. The second-order valence-electron chi connectivity index (χ2n) is 10.0. The van der Waals surface area contributed by atoms with E-state index in [2.05, 4.69) is 6.92 Å². The highest BCUT2D eigenvalue weighted by Gasteiger charge is 2.71. The molecule has 0 heterocycles. The third-order valence-electron chi connectivity index (χ3n) is 8.98. The van der Waals surface area contributed by atoms with Crippen LogP contribution in [0.25, 0.3) is 0 Å². The third kappa shape index (κ3) is 1.73. The molecule has 0 aromatic heterocycles. The molecule has 7 atom stereocenters. The Morgan fingerprint density at radius 1 is 1.08 bits per heavy atom. The molecule has 4 fully saturated rings. The molecule has 0 aromatic carbocycles. The molecule has 0 aliphatic heterocycles. The molecule has 0 amide bonds. The van der Waals surface area contributed by atoms with Gasteiger partial charge in [-0.15, -0.1) is 0 Å².